The van der Waals surface area contributed by atoms with E-state index in [2.05, 4.69) is 9.88 Å². The summed E-state index contributed by atoms with van der Waals surface area (Å²) in [6.45, 7) is 7.14. The van der Waals surface area contributed by atoms with E-state index in [1.165, 1.54) is 6.07 Å². The summed E-state index contributed by atoms with van der Waals surface area (Å²) in [7, 11) is -4.10. The molecule has 2 aromatic heterocycles. The zero-order valence-electron chi connectivity index (χ0n) is 16.9. The molecule has 2 N–H and O–H groups in total. The van der Waals surface area contributed by atoms with Crippen molar-refractivity contribution in [2.24, 2.45) is 0 Å². The number of carbonyl (C=O) groups is 1. The highest BCUT2D eigenvalue weighted by Gasteiger charge is 2.27. The van der Waals surface area contributed by atoms with E-state index in [9.17, 15) is 18.3 Å². The molecule has 0 saturated carbocycles. The number of hydrogen-bond donors (Lipinski definition) is 2. The van der Waals surface area contributed by atoms with Gasteiger partial charge in [0.25, 0.3) is 15.9 Å². The fraction of sp³-hybridized carbons (Fsp3) is 0.300. The van der Waals surface area contributed by atoms with Crippen molar-refractivity contribution in [1.82, 2.24) is 5.16 Å². The summed E-state index contributed by atoms with van der Waals surface area (Å²) < 4.78 is 32.8. The predicted octanol–water partition coefficient (Wildman–Crippen LogP) is 4.34. The molecule has 7 nitrogen and oxygen atoms in total. The van der Waals surface area contributed by atoms with Crippen LogP contribution in [0.2, 0.25) is 5.02 Å². The van der Waals surface area contributed by atoms with Crippen molar-refractivity contribution in [1.29, 1.82) is 0 Å². The number of aliphatic hydroxyl groups is 1. The van der Waals surface area contributed by atoms with Gasteiger partial charge in [-0.25, -0.2) is 13.1 Å². The Morgan fingerprint density at radius 2 is 1.97 bits per heavy atom. The van der Waals surface area contributed by atoms with E-state index in [0.29, 0.717) is 5.69 Å². The molecule has 3 rings (SSSR count). The van der Waals surface area contributed by atoms with Crippen LogP contribution in [0.5, 0.6) is 0 Å². The van der Waals surface area contributed by atoms with E-state index in [0.717, 1.165) is 39.2 Å². The molecular formula is C20H21ClN2O5S2. The maximum Gasteiger partial charge on any atom is 0.265 e. The fourth-order valence-corrected chi connectivity index (χ4v) is 5.73. The molecule has 30 heavy (non-hydrogen) atoms. The van der Waals surface area contributed by atoms with Crippen molar-refractivity contribution >= 4 is 44.6 Å². The fourth-order valence-electron chi connectivity index (χ4n) is 3.18. The maximum absolute atomic E-state index is 13.0. The first-order valence-corrected chi connectivity index (χ1v) is 11.8. The summed E-state index contributed by atoms with van der Waals surface area (Å²) >= 11 is 7.04. The lowest BCUT2D eigenvalue weighted by atomic mass is 9.91. The van der Waals surface area contributed by atoms with Gasteiger partial charge in [0, 0.05) is 6.42 Å². The Bertz CT molecular complexity index is 1230. The number of ketones is 1. The van der Waals surface area contributed by atoms with Crippen LogP contribution < -0.4 is 4.72 Å². The van der Waals surface area contributed by atoms with Gasteiger partial charge < -0.3 is 9.63 Å². The molecule has 0 bridgehead atoms. The van der Waals surface area contributed by atoms with E-state index in [1.807, 2.05) is 26.8 Å². The number of sulfonamides is 1. The summed E-state index contributed by atoms with van der Waals surface area (Å²) in [5, 5.41) is 14.9. The number of aromatic nitrogens is 1. The minimum atomic E-state index is -4.10. The van der Waals surface area contributed by atoms with Crippen LogP contribution in [0.3, 0.4) is 0 Å². The first-order chi connectivity index (χ1) is 14.1. The SMILES string of the molecule is Cc1cc(CC(=O)c2sccc2S(=O)(=O)Nc2onc(C)c2Cl)c(C)c(CO)c1C. The number of anilines is 1. The summed E-state index contributed by atoms with van der Waals surface area (Å²) in [6.07, 6.45) is 0.0190. The Morgan fingerprint density at radius 1 is 1.27 bits per heavy atom. The molecule has 1 aromatic carbocycles. The molecule has 0 radical (unpaired) electrons. The largest absolute Gasteiger partial charge is 0.392 e. The van der Waals surface area contributed by atoms with Crippen LogP contribution in [-0.4, -0.2) is 24.5 Å². The van der Waals surface area contributed by atoms with E-state index in [1.54, 1.807) is 12.3 Å². The van der Waals surface area contributed by atoms with Gasteiger partial charge in [-0.3, -0.25) is 4.79 Å². The van der Waals surface area contributed by atoms with Gasteiger partial charge in [0.2, 0.25) is 0 Å². The molecule has 0 saturated heterocycles. The van der Waals surface area contributed by atoms with E-state index >= 15 is 0 Å². The molecule has 2 heterocycles. The third-order valence-electron chi connectivity index (χ3n) is 5.07. The number of thiophene rings is 1. The van der Waals surface area contributed by atoms with Crippen LogP contribution in [0.15, 0.2) is 26.9 Å². The molecule has 0 unspecified atom stereocenters. The molecule has 160 valence electrons. The monoisotopic (exact) mass is 468 g/mol. The minimum absolute atomic E-state index is 0.0190. The van der Waals surface area contributed by atoms with Gasteiger partial charge in [-0.15, -0.1) is 11.3 Å². The predicted molar refractivity (Wildman–Crippen MR) is 116 cm³/mol. The Labute approximate surface area is 183 Å². The Kier molecular flexibility index (Phi) is 6.37. The summed E-state index contributed by atoms with van der Waals surface area (Å²) in [4.78, 5) is 13.0. The number of benzene rings is 1. The van der Waals surface area contributed by atoms with Crippen LogP contribution in [0, 0.1) is 27.7 Å². The highest BCUT2D eigenvalue weighted by molar-refractivity contribution is 7.93. The van der Waals surface area contributed by atoms with Crippen LogP contribution in [0.4, 0.5) is 5.88 Å². The normalized spacial score (nSPS) is 11.7. The lowest BCUT2D eigenvalue weighted by Gasteiger charge is -2.15. The molecule has 0 aliphatic rings. The lowest BCUT2D eigenvalue weighted by molar-refractivity contribution is 0.0993. The molecule has 0 atom stereocenters. The third-order valence-corrected chi connectivity index (χ3v) is 7.97. The van der Waals surface area contributed by atoms with Gasteiger partial charge in [0.05, 0.1) is 11.5 Å². The second kappa shape index (κ2) is 8.50. The zero-order chi connectivity index (χ0) is 22.2. The molecule has 0 aliphatic heterocycles. The third kappa shape index (κ3) is 4.15. The topological polar surface area (TPSA) is 110 Å². The van der Waals surface area contributed by atoms with E-state index in [-0.39, 0.29) is 39.5 Å². The van der Waals surface area contributed by atoms with Crippen LogP contribution in [0.1, 0.15) is 43.2 Å². The smallest absolute Gasteiger partial charge is 0.265 e. The van der Waals surface area contributed by atoms with Gasteiger partial charge in [-0.2, -0.15) is 0 Å². The van der Waals surface area contributed by atoms with Gasteiger partial charge in [0.1, 0.15) is 15.6 Å². The molecule has 0 aliphatic carbocycles. The molecule has 0 amide bonds. The second-order valence-electron chi connectivity index (χ2n) is 6.97. The molecule has 0 spiro atoms. The van der Waals surface area contributed by atoms with Crippen molar-refractivity contribution in [3.63, 3.8) is 0 Å². The van der Waals surface area contributed by atoms with Crippen LogP contribution in [-0.2, 0) is 23.1 Å². The standard InChI is InChI=1S/C20H21ClN2O5S2/c1-10-7-14(12(3)15(9-24)11(10)2)8-16(25)19-17(5-6-29-19)30(26,27)23-20-18(21)13(4)22-28-20/h5-7,23-24H,8-9H2,1-4H3. The second-order valence-corrected chi connectivity index (χ2v) is 9.91. The Morgan fingerprint density at radius 3 is 2.57 bits per heavy atom. The van der Waals surface area contributed by atoms with E-state index < -0.39 is 10.0 Å². The first-order valence-electron chi connectivity index (χ1n) is 9.01. The number of aliphatic hydroxyl groups excluding tert-OH is 1. The maximum atomic E-state index is 13.0. The average Bonchev–Trinajstić information content (AvgIpc) is 3.30. The summed E-state index contributed by atoms with van der Waals surface area (Å²) in [5.74, 6) is -0.531. The van der Waals surface area contributed by atoms with Gasteiger partial charge in [-0.05, 0) is 67.0 Å². The molecular weight excluding hydrogens is 448 g/mol. The number of rotatable bonds is 7. The van der Waals surface area contributed by atoms with Gasteiger partial charge in [0.15, 0.2) is 5.78 Å². The molecule has 3 aromatic rings. The molecule has 10 heteroatoms. The number of hydrogen-bond acceptors (Lipinski definition) is 7. The Hall–Kier alpha value is -2.20. The van der Waals surface area contributed by atoms with E-state index in [4.69, 9.17) is 16.1 Å². The van der Waals surface area contributed by atoms with Gasteiger partial charge in [-0.1, -0.05) is 22.8 Å². The number of nitrogens with zero attached hydrogens (tertiary/aromatic N) is 1. The quantitative estimate of drug-likeness (QED) is 0.499. The van der Waals surface area contributed by atoms with Crippen LogP contribution >= 0.6 is 22.9 Å². The van der Waals surface area contributed by atoms with Crippen molar-refractivity contribution in [3.05, 3.63) is 60.9 Å². The highest BCUT2D eigenvalue weighted by Crippen LogP contribution is 2.31. The number of aryl methyl sites for hydroxylation is 2. The Balaban J connectivity index is 1.93. The lowest BCUT2D eigenvalue weighted by Crippen LogP contribution is -2.16. The number of Topliss-reactive ketones (excluding diaryl/α,β-unsaturated/α-hetero) is 1. The van der Waals surface area contributed by atoms with Gasteiger partial charge >= 0.3 is 0 Å². The number of nitrogens with one attached hydrogen (secondary N) is 1. The zero-order valence-corrected chi connectivity index (χ0v) is 19.3. The first kappa shape index (κ1) is 22.5. The minimum Gasteiger partial charge on any atom is -0.392 e. The van der Waals surface area contributed by atoms with Crippen molar-refractivity contribution in [2.45, 2.75) is 45.6 Å². The summed E-state index contributed by atoms with van der Waals surface area (Å²) in [6, 6.07) is 3.27. The van der Waals surface area contributed by atoms with Crippen molar-refractivity contribution in [3.8, 4) is 0 Å². The number of halogens is 1. The average molecular weight is 469 g/mol. The molecule has 0 fully saturated rings. The summed E-state index contributed by atoms with van der Waals surface area (Å²) in [5.41, 5.74) is 4.66. The highest BCUT2D eigenvalue weighted by atomic mass is 35.5. The van der Waals surface area contributed by atoms with Crippen molar-refractivity contribution < 1.29 is 22.8 Å². The van der Waals surface area contributed by atoms with Crippen molar-refractivity contribution in [2.75, 3.05) is 4.72 Å². The number of carbonyl (C=O) groups excluding carboxylic acids is 1. The van der Waals surface area contributed by atoms with Crippen LogP contribution in [0.25, 0.3) is 0 Å².